The number of ether oxygens (including phenoxy) is 1. The van der Waals surface area contributed by atoms with E-state index in [1.807, 2.05) is 0 Å². The molecule has 0 radical (unpaired) electrons. The number of hydrogen-bond acceptors (Lipinski definition) is 7. The topological polar surface area (TPSA) is 96.5 Å². The predicted octanol–water partition coefficient (Wildman–Crippen LogP) is 2.01. The number of hydrogen-bond donors (Lipinski definition) is 1. The lowest BCUT2D eigenvalue weighted by molar-refractivity contribution is -0.155. The third-order valence-corrected chi connectivity index (χ3v) is 9.94. The van der Waals surface area contributed by atoms with Crippen LogP contribution < -0.4 is 4.87 Å². The van der Waals surface area contributed by atoms with Crippen molar-refractivity contribution in [2.24, 2.45) is 29.6 Å². The Kier molecular flexibility index (Phi) is 4.14. The summed E-state index contributed by atoms with van der Waals surface area (Å²) in [5.74, 6) is -1.26. The van der Waals surface area contributed by atoms with Crippen molar-refractivity contribution in [1.82, 2.24) is 9.88 Å². The lowest BCUT2D eigenvalue weighted by Crippen LogP contribution is -2.48. The van der Waals surface area contributed by atoms with Crippen LogP contribution >= 0.6 is 23.1 Å². The second kappa shape index (κ2) is 6.20. The van der Waals surface area contributed by atoms with Crippen LogP contribution in [-0.2, 0) is 24.5 Å². The number of thioether (sulfide) groups is 1. The molecular weight excluding hydrogens is 412 g/mol. The van der Waals surface area contributed by atoms with Gasteiger partial charge in [-0.05, 0) is 38.0 Å². The summed E-state index contributed by atoms with van der Waals surface area (Å²) in [6.45, 7) is 7.50. The number of carbonyl (C=O) groups is 3. The molecule has 2 aliphatic carbocycles. The van der Waals surface area contributed by atoms with Gasteiger partial charge in [0.1, 0.15) is 6.54 Å². The van der Waals surface area contributed by atoms with Crippen LogP contribution in [0, 0.1) is 29.6 Å². The first-order valence-corrected chi connectivity index (χ1v) is 11.8. The lowest BCUT2D eigenvalue weighted by Gasteiger charge is -2.47. The Balaban J connectivity index is 1.46. The van der Waals surface area contributed by atoms with Crippen molar-refractivity contribution in [3.63, 3.8) is 0 Å². The highest BCUT2D eigenvalue weighted by atomic mass is 32.2. The average molecular weight is 437 g/mol. The van der Waals surface area contributed by atoms with Gasteiger partial charge in [0.25, 0.3) is 0 Å². The van der Waals surface area contributed by atoms with E-state index in [4.69, 9.17) is 4.74 Å². The van der Waals surface area contributed by atoms with E-state index in [1.165, 1.54) is 11.3 Å². The van der Waals surface area contributed by atoms with Crippen LogP contribution in [-0.4, -0.2) is 45.6 Å². The number of esters is 1. The largest absolute Gasteiger partial charge is 0.462 e. The first-order chi connectivity index (χ1) is 13.6. The predicted molar refractivity (Wildman–Crippen MR) is 108 cm³/mol. The molecule has 1 aromatic heterocycles. The molecule has 2 aliphatic heterocycles. The third kappa shape index (κ3) is 2.55. The number of carbonyl (C=O) groups excluding carboxylic acids is 3. The van der Waals surface area contributed by atoms with Gasteiger partial charge >= 0.3 is 10.8 Å². The van der Waals surface area contributed by atoms with Crippen molar-refractivity contribution >= 4 is 40.9 Å². The van der Waals surface area contributed by atoms with Crippen LogP contribution in [0.5, 0.6) is 0 Å². The number of aromatic amines is 1. The number of imide groups is 1. The quantitative estimate of drug-likeness (QED) is 0.575. The molecule has 3 heterocycles. The fourth-order valence-corrected chi connectivity index (χ4v) is 9.45. The van der Waals surface area contributed by atoms with Crippen LogP contribution in [0.1, 0.15) is 39.0 Å². The van der Waals surface area contributed by atoms with Gasteiger partial charge in [0.05, 0.1) is 23.0 Å². The number of likely N-dealkylation sites (tertiary alicyclic amines) is 1. The van der Waals surface area contributed by atoms with E-state index in [2.05, 4.69) is 18.8 Å². The van der Waals surface area contributed by atoms with E-state index in [0.29, 0.717) is 0 Å². The van der Waals surface area contributed by atoms with E-state index < -0.39 is 5.97 Å². The van der Waals surface area contributed by atoms with Gasteiger partial charge in [-0.15, -0.1) is 11.8 Å². The number of nitrogens with one attached hydrogen (secondary N) is 1. The molecule has 156 valence electrons. The van der Waals surface area contributed by atoms with Crippen LogP contribution in [0.2, 0.25) is 0 Å². The van der Waals surface area contributed by atoms with Crippen molar-refractivity contribution in [2.75, 3.05) is 6.54 Å². The summed E-state index contributed by atoms with van der Waals surface area (Å²) >= 11 is 2.93. The lowest BCUT2D eigenvalue weighted by atomic mass is 9.64. The number of aromatic nitrogens is 1. The van der Waals surface area contributed by atoms with E-state index in [9.17, 15) is 19.2 Å². The van der Waals surface area contributed by atoms with Crippen LogP contribution in [0.15, 0.2) is 9.82 Å². The van der Waals surface area contributed by atoms with Gasteiger partial charge < -0.3 is 9.72 Å². The number of H-pyrrole nitrogens is 1. The maximum Gasteiger partial charge on any atom is 0.326 e. The zero-order chi connectivity index (χ0) is 20.8. The molecule has 29 heavy (non-hydrogen) atoms. The highest BCUT2D eigenvalue weighted by Crippen LogP contribution is 2.68. The Labute approximate surface area is 176 Å². The van der Waals surface area contributed by atoms with Crippen molar-refractivity contribution in [3.8, 4) is 0 Å². The van der Waals surface area contributed by atoms with Gasteiger partial charge in [0.15, 0.2) is 0 Å². The molecule has 0 aromatic carbocycles. The minimum atomic E-state index is -0.541. The second-order valence-electron chi connectivity index (χ2n) is 9.42. The normalized spacial score (nSPS) is 36.4. The Morgan fingerprint density at radius 1 is 1.21 bits per heavy atom. The van der Waals surface area contributed by atoms with Gasteiger partial charge in [-0.1, -0.05) is 25.2 Å². The molecule has 1 N–H and O–H groups in total. The van der Waals surface area contributed by atoms with Crippen molar-refractivity contribution in [3.05, 3.63) is 14.5 Å². The van der Waals surface area contributed by atoms with Crippen molar-refractivity contribution < 1.29 is 19.1 Å². The van der Waals surface area contributed by atoms with Gasteiger partial charge in [0.2, 0.25) is 11.8 Å². The molecule has 4 aliphatic rings. The number of amides is 2. The maximum absolute atomic E-state index is 13.2. The van der Waals surface area contributed by atoms with Gasteiger partial charge in [-0.25, -0.2) is 0 Å². The van der Waals surface area contributed by atoms with E-state index >= 15 is 0 Å². The summed E-state index contributed by atoms with van der Waals surface area (Å²) in [6, 6.07) is 0. The summed E-state index contributed by atoms with van der Waals surface area (Å²) in [7, 11) is 0. The molecule has 2 amide bonds. The first kappa shape index (κ1) is 19.4. The standard InChI is InChI=1S/C20H24N2O5S2/c1-7(2)27-10(23)6-22-17(24)11-8-5-9(12(11)18(22)25)14-13(8)20(3,4)15-16(28-14)21-19(26)29-15/h7-9,11-14H,5-6H2,1-4H3,(H,21,26)/t8-,9+,11-,12+,13+,14+/m0/s1. The van der Waals surface area contributed by atoms with E-state index in [1.54, 1.807) is 25.6 Å². The minimum Gasteiger partial charge on any atom is -0.462 e. The SMILES string of the molecule is CC(C)OC(=O)CN1C(=O)[C@@H]2[C@H]3C[C@@H]([C@@H]2C1=O)[C@@H]1[C@@H]3Sc2[nH]c(=O)sc2C1(C)C. The highest BCUT2D eigenvalue weighted by Gasteiger charge is 2.70. The fraction of sp³-hybridized carbons (Fsp3) is 0.700. The summed E-state index contributed by atoms with van der Waals surface area (Å²) in [6.07, 6.45) is 0.578. The number of fused-ring (bicyclic) bond motifs is 9. The number of thiazole rings is 1. The Hall–Kier alpha value is -1.61. The second-order valence-corrected chi connectivity index (χ2v) is 11.6. The van der Waals surface area contributed by atoms with Crippen LogP contribution in [0.4, 0.5) is 0 Å². The molecule has 6 atom stereocenters. The first-order valence-electron chi connectivity index (χ1n) is 10.1. The maximum atomic E-state index is 13.2. The monoisotopic (exact) mass is 436 g/mol. The molecule has 5 rings (SSSR count). The van der Waals surface area contributed by atoms with Gasteiger partial charge in [-0.3, -0.25) is 24.1 Å². The smallest absolute Gasteiger partial charge is 0.326 e. The Morgan fingerprint density at radius 2 is 1.86 bits per heavy atom. The van der Waals surface area contributed by atoms with Crippen molar-refractivity contribution in [1.29, 1.82) is 0 Å². The number of rotatable bonds is 3. The number of nitrogens with zero attached hydrogens (tertiary/aromatic N) is 1. The molecular formula is C20H24N2O5S2. The Bertz CT molecular complexity index is 980. The van der Waals surface area contributed by atoms with E-state index in [-0.39, 0.29) is 69.6 Å². The van der Waals surface area contributed by atoms with Crippen molar-refractivity contribution in [2.45, 2.75) is 55.9 Å². The molecule has 0 spiro atoms. The van der Waals surface area contributed by atoms with Crippen LogP contribution in [0.25, 0.3) is 0 Å². The molecule has 7 nitrogen and oxygen atoms in total. The molecule has 3 fully saturated rings. The molecule has 2 saturated carbocycles. The molecule has 1 saturated heterocycles. The summed E-state index contributed by atoms with van der Waals surface area (Å²) in [5.41, 5.74) is -0.229. The molecule has 1 aromatic rings. The molecule has 2 bridgehead atoms. The van der Waals surface area contributed by atoms with Crippen LogP contribution in [0.3, 0.4) is 0 Å². The zero-order valence-electron chi connectivity index (χ0n) is 16.8. The van der Waals surface area contributed by atoms with Gasteiger partial charge in [-0.2, -0.15) is 0 Å². The summed E-state index contributed by atoms with van der Waals surface area (Å²) in [4.78, 5) is 55.5. The average Bonchev–Trinajstić information content (AvgIpc) is 3.32. The third-order valence-electron chi connectivity index (χ3n) is 7.14. The summed E-state index contributed by atoms with van der Waals surface area (Å²) < 4.78 is 5.15. The fourth-order valence-electron chi connectivity index (χ4n) is 6.30. The van der Waals surface area contributed by atoms with Gasteiger partial charge in [0, 0.05) is 15.5 Å². The Morgan fingerprint density at radius 3 is 2.52 bits per heavy atom. The van der Waals surface area contributed by atoms with E-state index in [0.717, 1.165) is 21.2 Å². The summed E-state index contributed by atoms with van der Waals surface area (Å²) in [5, 5.41) is 1.12. The zero-order valence-corrected chi connectivity index (χ0v) is 18.4. The molecule has 9 heteroatoms. The molecule has 0 unspecified atom stereocenters. The minimum absolute atomic E-state index is 0.0508. The highest BCUT2D eigenvalue weighted by molar-refractivity contribution is 8.00.